The number of hydrogen-bond donors (Lipinski definition) is 2. The quantitative estimate of drug-likeness (QED) is 0.457. The molecule has 1 aliphatic heterocycles. The smallest absolute Gasteiger partial charge is 0.258 e. The lowest BCUT2D eigenvalue weighted by molar-refractivity contribution is -0.123. The lowest BCUT2D eigenvalue weighted by Gasteiger charge is -2.18. The van der Waals surface area contributed by atoms with Crippen LogP contribution in [0.3, 0.4) is 0 Å². The molecule has 0 spiro atoms. The number of hydrogen-bond acceptors (Lipinski definition) is 7. The third-order valence-corrected chi connectivity index (χ3v) is 7.28. The summed E-state index contributed by atoms with van der Waals surface area (Å²) in [6.45, 7) is -1.49. The fourth-order valence-corrected chi connectivity index (χ4v) is 4.64. The number of fused-ring (bicyclic) bond motifs is 1. The SMILES string of the molecule is O=C(COc1cc(F)ccc1Nc1ncnc2cc(N=S3(=O)CCC3)cc(F)c12)NCC(F)F. The van der Waals surface area contributed by atoms with Crippen LogP contribution >= 0.6 is 0 Å². The van der Waals surface area contributed by atoms with E-state index in [0.717, 1.165) is 24.6 Å². The molecule has 3 aromatic rings. The largest absolute Gasteiger partial charge is 0.481 e. The molecular formula is C21H19F4N5O3S. The van der Waals surface area contributed by atoms with Crippen molar-refractivity contribution in [3.8, 4) is 5.75 Å². The number of halogens is 4. The highest BCUT2D eigenvalue weighted by molar-refractivity contribution is 7.95. The maximum atomic E-state index is 15.0. The van der Waals surface area contributed by atoms with E-state index in [4.69, 9.17) is 4.74 Å². The van der Waals surface area contributed by atoms with Gasteiger partial charge in [-0.3, -0.25) is 4.79 Å². The topological polar surface area (TPSA) is 106 Å². The molecule has 1 saturated heterocycles. The molecule has 34 heavy (non-hydrogen) atoms. The molecule has 0 bridgehead atoms. The van der Waals surface area contributed by atoms with Gasteiger partial charge in [0.2, 0.25) is 0 Å². The van der Waals surface area contributed by atoms with Crippen molar-refractivity contribution in [3.63, 3.8) is 0 Å². The van der Waals surface area contributed by atoms with Crippen LogP contribution < -0.4 is 15.4 Å². The summed E-state index contributed by atoms with van der Waals surface area (Å²) in [4.78, 5) is 19.8. The highest BCUT2D eigenvalue weighted by Gasteiger charge is 2.20. The Morgan fingerprint density at radius 1 is 1.18 bits per heavy atom. The maximum absolute atomic E-state index is 15.0. The van der Waals surface area contributed by atoms with Gasteiger partial charge in [0, 0.05) is 23.6 Å². The van der Waals surface area contributed by atoms with Gasteiger partial charge in [-0.1, -0.05) is 0 Å². The van der Waals surface area contributed by atoms with Gasteiger partial charge in [0.25, 0.3) is 12.3 Å². The number of anilines is 2. The third kappa shape index (κ3) is 5.53. The van der Waals surface area contributed by atoms with Gasteiger partial charge >= 0.3 is 0 Å². The number of nitrogens with zero attached hydrogens (tertiary/aromatic N) is 3. The normalized spacial score (nSPS) is 14.5. The van der Waals surface area contributed by atoms with Crippen molar-refractivity contribution in [2.75, 3.05) is 30.0 Å². The minimum Gasteiger partial charge on any atom is -0.481 e. The minimum absolute atomic E-state index is 0.00922. The van der Waals surface area contributed by atoms with Crippen molar-refractivity contribution < 1.29 is 31.3 Å². The van der Waals surface area contributed by atoms with E-state index in [-0.39, 0.29) is 33.8 Å². The number of rotatable bonds is 8. The number of benzene rings is 2. The van der Waals surface area contributed by atoms with Crippen LogP contribution in [0.5, 0.6) is 5.75 Å². The van der Waals surface area contributed by atoms with Gasteiger partial charge < -0.3 is 15.4 Å². The average molecular weight is 497 g/mol. The van der Waals surface area contributed by atoms with Gasteiger partial charge in [-0.05, 0) is 24.6 Å². The molecule has 1 aliphatic rings. The fraction of sp³-hybridized carbons (Fsp3) is 0.286. The summed E-state index contributed by atoms with van der Waals surface area (Å²) in [5.74, 6) is -1.36. The molecule has 0 unspecified atom stereocenters. The van der Waals surface area contributed by atoms with Crippen molar-refractivity contribution in [1.29, 1.82) is 0 Å². The monoisotopic (exact) mass is 497 g/mol. The zero-order chi connectivity index (χ0) is 24.3. The highest BCUT2D eigenvalue weighted by atomic mass is 32.2. The molecule has 0 saturated carbocycles. The number of alkyl halides is 2. The first-order valence-electron chi connectivity index (χ1n) is 10.1. The molecule has 1 amide bonds. The Hall–Kier alpha value is -3.48. The van der Waals surface area contributed by atoms with E-state index < -0.39 is 46.8 Å². The predicted octanol–water partition coefficient (Wildman–Crippen LogP) is 3.91. The number of nitrogens with one attached hydrogen (secondary N) is 2. The standard InChI is InChI=1S/C21H19F4N5O3S/c22-12-2-3-15(17(6-12)33-10-19(31)26-9-18(24)25)29-21-20-14(23)7-13(8-16(20)27-11-28-21)30-34(32)4-1-5-34/h2-3,6-8,11,18H,1,4-5,9-10H2,(H,26,31)(H,27,28,29). The Labute approximate surface area is 191 Å². The maximum Gasteiger partial charge on any atom is 0.258 e. The molecule has 4 rings (SSSR count). The van der Waals surface area contributed by atoms with Crippen LogP contribution in [0.4, 0.5) is 34.8 Å². The first-order chi connectivity index (χ1) is 16.2. The van der Waals surface area contributed by atoms with Gasteiger partial charge in [-0.25, -0.2) is 31.7 Å². The van der Waals surface area contributed by atoms with Gasteiger partial charge in [0.15, 0.2) is 6.61 Å². The third-order valence-electron chi connectivity index (χ3n) is 4.88. The molecule has 2 N–H and O–H groups in total. The second-order valence-corrected chi connectivity index (χ2v) is 9.96. The van der Waals surface area contributed by atoms with Gasteiger partial charge in [-0.15, -0.1) is 0 Å². The minimum atomic E-state index is -2.72. The second kappa shape index (κ2) is 9.79. The Balaban J connectivity index is 1.60. The second-order valence-electron chi connectivity index (χ2n) is 7.42. The Bertz CT molecular complexity index is 1350. The van der Waals surface area contributed by atoms with Crippen molar-refractivity contribution in [3.05, 3.63) is 48.3 Å². The lowest BCUT2D eigenvalue weighted by atomic mass is 10.2. The number of carbonyl (C=O) groups is 1. The summed E-state index contributed by atoms with van der Waals surface area (Å²) in [7, 11) is -2.35. The summed E-state index contributed by atoms with van der Waals surface area (Å²) in [6, 6.07) is 6.01. The average Bonchev–Trinajstić information content (AvgIpc) is 2.76. The molecule has 180 valence electrons. The highest BCUT2D eigenvalue weighted by Crippen LogP contribution is 2.34. The molecular weight excluding hydrogens is 478 g/mol. The Morgan fingerprint density at radius 2 is 1.97 bits per heavy atom. The Kier molecular flexibility index (Phi) is 6.82. The number of carbonyl (C=O) groups excluding carboxylic acids is 1. The van der Waals surface area contributed by atoms with Crippen LogP contribution in [-0.2, 0) is 14.5 Å². The zero-order valence-corrected chi connectivity index (χ0v) is 18.4. The summed E-state index contributed by atoms with van der Waals surface area (Å²) in [6.07, 6.45) is -0.734. The van der Waals surface area contributed by atoms with E-state index in [2.05, 4.69) is 19.6 Å². The summed E-state index contributed by atoms with van der Waals surface area (Å²) in [5, 5.41) is 4.80. The van der Waals surface area contributed by atoms with Crippen LogP contribution in [0.15, 0.2) is 41.0 Å². The van der Waals surface area contributed by atoms with Crippen LogP contribution in [0, 0.1) is 11.6 Å². The van der Waals surface area contributed by atoms with E-state index >= 15 is 0 Å². The van der Waals surface area contributed by atoms with Gasteiger partial charge in [0.05, 0.1) is 38.6 Å². The molecule has 0 radical (unpaired) electrons. The zero-order valence-electron chi connectivity index (χ0n) is 17.6. The first-order valence-corrected chi connectivity index (χ1v) is 12.0. The fourth-order valence-electron chi connectivity index (χ4n) is 3.18. The molecule has 1 aromatic heterocycles. The number of aromatic nitrogens is 2. The number of amides is 1. The van der Waals surface area contributed by atoms with E-state index in [1.165, 1.54) is 18.5 Å². The molecule has 2 aromatic carbocycles. The first kappa shape index (κ1) is 23.7. The van der Waals surface area contributed by atoms with Crippen LogP contribution in [-0.4, -0.2) is 51.2 Å². The lowest BCUT2D eigenvalue weighted by Crippen LogP contribution is -2.32. The van der Waals surface area contributed by atoms with Crippen molar-refractivity contribution in [2.24, 2.45) is 4.36 Å². The van der Waals surface area contributed by atoms with Crippen molar-refractivity contribution >= 4 is 43.7 Å². The summed E-state index contributed by atoms with van der Waals surface area (Å²) < 4.78 is 75.0. The van der Waals surface area contributed by atoms with Gasteiger partial charge in [0.1, 0.15) is 29.5 Å². The van der Waals surface area contributed by atoms with Crippen LogP contribution in [0.25, 0.3) is 10.9 Å². The van der Waals surface area contributed by atoms with Crippen molar-refractivity contribution in [1.82, 2.24) is 15.3 Å². The van der Waals surface area contributed by atoms with E-state index in [1.807, 2.05) is 5.32 Å². The van der Waals surface area contributed by atoms with Crippen LogP contribution in [0.1, 0.15) is 6.42 Å². The van der Waals surface area contributed by atoms with Gasteiger partial charge in [-0.2, -0.15) is 4.36 Å². The van der Waals surface area contributed by atoms with E-state index in [0.29, 0.717) is 11.5 Å². The molecule has 1 fully saturated rings. The molecule has 8 nitrogen and oxygen atoms in total. The predicted molar refractivity (Wildman–Crippen MR) is 118 cm³/mol. The molecule has 0 atom stereocenters. The summed E-state index contributed by atoms with van der Waals surface area (Å²) >= 11 is 0. The molecule has 0 aliphatic carbocycles. The molecule has 13 heteroatoms. The Morgan fingerprint density at radius 3 is 2.68 bits per heavy atom. The summed E-state index contributed by atoms with van der Waals surface area (Å²) in [5.41, 5.74) is 0.558. The van der Waals surface area contributed by atoms with E-state index in [9.17, 15) is 26.6 Å². The van der Waals surface area contributed by atoms with E-state index in [1.54, 1.807) is 0 Å². The molecule has 2 heterocycles. The van der Waals surface area contributed by atoms with Crippen molar-refractivity contribution in [2.45, 2.75) is 12.8 Å². The number of ether oxygens (including phenoxy) is 1. The van der Waals surface area contributed by atoms with Crippen LogP contribution in [0.2, 0.25) is 0 Å².